The molecule has 2 N–H and O–H groups in total. The lowest BCUT2D eigenvalue weighted by molar-refractivity contribution is 0.0941. The third kappa shape index (κ3) is 3.35. The average Bonchev–Trinajstić information content (AvgIpc) is 2.25. The van der Waals surface area contributed by atoms with Crippen LogP contribution in [0.2, 0.25) is 0 Å². The maximum absolute atomic E-state index is 11.8. The maximum atomic E-state index is 11.8. The highest BCUT2D eigenvalue weighted by Crippen LogP contribution is 2.10. The molecule has 0 aliphatic carbocycles. The molecule has 0 saturated carbocycles. The molecule has 0 bridgehead atoms. The standard InChI is InChI=1S/C13H19NO2/c1-9-4-5-12(11(3)6-9)13(16)14-7-10(2)8-15/h4-6,10,15H,7-8H2,1-3H3,(H,14,16). The van der Waals surface area contributed by atoms with E-state index in [-0.39, 0.29) is 18.4 Å². The Morgan fingerprint density at radius 3 is 2.69 bits per heavy atom. The molecule has 0 fully saturated rings. The van der Waals surface area contributed by atoms with Crippen LogP contribution >= 0.6 is 0 Å². The van der Waals surface area contributed by atoms with Gasteiger partial charge in [0, 0.05) is 18.7 Å². The van der Waals surface area contributed by atoms with Crippen LogP contribution < -0.4 is 5.32 Å². The number of nitrogens with one attached hydrogen (secondary N) is 1. The van der Waals surface area contributed by atoms with Gasteiger partial charge in [0.15, 0.2) is 0 Å². The monoisotopic (exact) mass is 221 g/mol. The van der Waals surface area contributed by atoms with Gasteiger partial charge in [0.25, 0.3) is 5.91 Å². The second-order valence-corrected chi connectivity index (χ2v) is 4.32. The fourth-order valence-electron chi connectivity index (χ4n) is 1.50. The van der Waals surface area contributed by atoms with Gasteiger partial charge in [-0.15, -0.1) is 0 Å². The minimum absolute atomic E-state index is 0.0715. The van der Waals surface area contributed by atoms with Gasteiger partial charge in [0.2, 0.25) is 0 Å². The molecule has 0 radical (unpaired) electrons. The Kier molecular flexibility index (Phi) is 4.50. The molecule has 1 aromatic rings. The molecule has 0 aromatic heterocycles. The first kappa shape index (κ1) is 12.7. The van der Waals surface area contributed by atoms with E-state index in [1.54, 1.807) is 0 Å². The van der Waals surface area contributed by atoms with Crippen molar-refractivity contribution in [1.82, 2.24) is 5.32 Å². The summed E-state index contributed by atoms with van der Waals surface area (Å²) in [5.74, 6) is 0.0208. The molecule has 3 nitrogen and oxygen atoms in total. The SMILES string of the molecule is Cc1ccc(C(=O)NCC(C)CO)c(C)c1. The predicted molar refractivity (Wildman–Crippen MR) is 64.5 cm³/mol. The first-order chi connectivity index (χ1) is 7.54. The van der Waals surface area contributed by atoms with E-state index < -0.39 is 0 Å². The van der Waals surface area contributed by atoms with Crippen LogP contribution in [0.15, 0.2) is 18.2 Å². The number of amides is 1. The van der Waals surface area contributed by atoms with Crippen molar-refractivity contribution >= 4 is 5.91 Å². The van der Waals surface area contributed by atoms with Gasteiger partial charge in [-0.2, -0.15) is 0 Å². The van der Waals surface area contributed by atoms with Crippen LogP contribution in [0.25, 0.3) is 0 Å². The summed E-state index contributed by atoms with van der Waals surface area (Å²) in [6, 6.07) is 5.76. The first-order valence-corrected chi connectivity index (χ1v) is 5.51. The number of carbonyl (C=O) groups excluding carboxylic acids is 1. The zero-order valence-electron chi connectivity index (χ0n) is 10.1. The molecular weight excluding hydrogens is 202 g/mol. The summed E-state index contributed by atoms with van der Waals surface area (Å²) in [5.41, 5.74) is 2.84. The smallest absolute Gasteiger partial charge is 0.251 e. The van der Waals surface area contributed by atoms with Crippen LogP contribution in [0.1, 0.15) is 28.4 Å². The van der Waals surface area contributed by atoms with Crippen molar-refractivity contribution in [2.24, 2.45) is 5.92 Å². The highest BCUT2D eigenvalue weighted by atomic mass is 16.3. The van der Waals surface area contributed by atoms with Crippen LogP contribution in [0.4, 0.5) is 0 Å². The van der Waals surface area contributed by atoms with E-state index >= 15 is 0 Å². The van der Waals surface area contributed by atoms with Gasteiger partial charge >= 0.3 is 0 Å². The number of aliphatic hydroxyl groups is 1. The minimum Gasteiger partial charge on any atom is -0.396 e. The highest BCUT2D eigenvalue weighted by molar-refractivity contribution is 5.95. The van der Waals surface area contributed by atoms with E-state index in [1.165, 1.54) is 0 Å². The molecule has 1 aromatic carbocycles. The summed E-state index contributed by atoms with van der Waals surface area (Å²) in [6.45, 7) is 6.41. The Morgan fingerprint density at radius 1 is 1.44 bits per heavy atom. The van der Waals surface area contributed by atoms with Crippen molar-refractivity contribution < 1.29 is 9.90 Å². The fourth-order valence-corrected chi connectivity index (χ4v) is 1.50. The number of hydrogen-bond acceptors (Lipinski definition) is 2. The largest absolute Gasteiger partial charge is 0.396 e. The van der Waals surface area contributed by atoms with E-state index in [9.17, 15) is 4.79 Å². The van der Waals surface area contributed by atoms with E-state index in [4.69, 9.17) is 5.11 Å². The molecule has 1 unspecified atom stereocenters. The third-order valence-electron chi connectivity index (χ3n) is 2.55. The summed E-state index contributed by atoms with van der Waals surface area (Å²) in [7, 11) is 0. The van der Waals surface area contributed by atoms with Crippen molar-refractivity contribution in [2.45, 2.75) is 20.8 Å². The van der Waals surface area contributed by atoms with E-state index in [0.29, 0.717) is 12.1 Å². The van der Waals surface area contributed by atoms with Gasteiger partial charge in [-0.1, -0.05) is 24.6 Å². The predicted octanol–water partition coefficient (Wildman–Crippen LogP) is 1.66. The minimum atomic E-state index is -0.0715. The Labute approximate surface area is 96.5 Å². The molecule has 0 saturated heterocycles. The van der Waals surface area contributed by atoms with Crippen LogP contribution in [-0.2, 0) is 0 Å². The lowest BCUT2D eigenvalue weighted by Crippen LogP contribution is -2.30. The molecule has 1 atom stereocenters. The Bertz CT molecular complexity index is 374. The second kappa shape index (κ2) is 5.66. The van der Waals surface area contributed by atoms with Gasteiger partial charge in [0.05, 0.1) is 0 Å². The number of rotatable bonds is 4. The van der Waals surface area contributed by atoms with Gasteiger partial charge in [-0.05, 0) is 31.4 Å². The summed E-state index contributed by atoms with van der Waals surface area (Å²) in [4.78, 5) is 11.8. The topological polar surface area (TPSA) is 49.3 Å². The molecular formula is C13H19NO2. The highest BCUT2D eigenvalue weighted by Gasteiger charge is 2.09. The van der Waals surface area contributed by atoms with E-state index in [0.717, 1.165) is 11.1 Å². The Hall–Kier alpha value is -1.35. The van der Waals surface area contributed by atoms with Gasteiger partial charge in [0.1, 0.15) is 0 Å². The second-order valence-electron chi connectivity index (χ2n) is 4.32. The molecule has 3 heteroatoms. The molecule has 16 heavy (non-hydrogen) atoms. The van der Waals surface area contributed by atoms with E-state index in [1.807, 2.05) is 39.0 Å². The number of benzene rings is 1. The summed E-state index contributed by atoms with van der Waals surface area (Å²) in [6.07, 6.45) is 0. The van der Waals surface area contributed by atoms with Crippen molar-refractivity contribution in [2.75, 3.05) is 13.2 Å². The molecule has 0 heterocycles. The molecule has 1 rings (SSSR count). The third-order valence-corrected chi connectivity index (χ3v) is 2.55. The quantitative estimate of drug-likeness (QED) is 0.812. The normalized spacial score (nSPS) is 12.2. The van der Waals surface area contributed by atoms with Gasteiger partial charge < -0.3 is 10.4 Å². The summed E-state index contributed by atoms with van der Waals surface area (Å²) >= 11 is 0. The van der Waals surface area contributed by atoms with Crippen molar-refractivity contribution in [3.05, 3.63) is 34.9 Å². The molecule has 0 spiro atoms. The maximum Gasteiger partial charge on any atom is 0.251 e. The Morgan fingerprint density at radius 2 is 2.12 bits per heavy atom. The van der Waals surface area contributed by atoms with Crippen molar-refractivity contribution in [3.8, 4) is 0 Å². The van der Waals surface area contributed by atoms with Crippen LogP contribution in [0.5, 0.6) is 0 Å². The lowest BCUT2D eigenvalue weighted by Gasteiger charge is -2.11. The lowest BCUT2D eigenvalue weighted by atomic mass is 10.0. The number of aryl methyl sites for hydroxylation is 2. The van der Waals surface area contributed by atoms with Crippen molar-refractivity contribution in [3.63, 3.8) is 0 Å². The molecule has 1 amide bonds. The van der Waals surface area contributed by atoms with Crippen LogP contribution in [-0.4, -0.2) is 24.2 Å². The van der Waals surface area contributed by atoms with Crippen molar-refractivity contribution in [1.29, 1.82) is 0 Å². The number of carbonyl (C=O) groups is 1. The average molecular weight is 221 g/mol. The van der Waals surface area contributed by atoms with E-state index in [2.05, 4.69) is 5.32 Å². The number of hydrogen-bond donors (Lipinski definition) is 2. The Balaban J connectivity index is 2.66. The van der Waals surface area contributed by atoms with Crippen LogP contribution in [0, 0.1) is 19.8 Å². The zero-order chi connectivity index (χ0) is 12.1. The van der Waals surface area contributed by atoms with Gasteiger partial charge in [-0.3, -0.25) is 4.79 Å². The first-order valence-electron chi connectivity index (χ1n) is 5.51. The molecule has 0 aliphatic rings. The van der Waals surface area contributed by atoms with Gasteiger partial charge in [-0.25, -0.2) is 0 Å². The fraction of sp³-hybridized carbons (Fsp3) is 0.462. The molecule has 0 aliphatic heterocycles. The van der Waals surface area contributed by atoms with Crippen LogP contribution in [0.3, 0.4) is 0 Å². The zero-order valence-corrected chi connectivity index (χ0v) is 10.1. The summed E-state index contributed by atoms with van der Waals surface area (Å²) in [5, 5.41) is 11.7. The number of aliphatic hydroxyl groups excluding tert-OH is 1. The molecule has 88 valence electrons. The summed E-state index contributed by atoms with van der Waals surface area (Å²) < 4.78 is 0.